The molecule has 8 nitrogen and oxygen atoms in total. The van der Waals surface area contributed by atoms with Gasteiger partial charge in [-0.05, 0) is 82.5 Å². The molecule has 1 aromatic heterocycles. The standard InChI is InChI=1S/C31H25BrCl2N2O6S/c1-16-26(30(38)41-4)27(21-14-20(34)9-10-23(21)39-2)36-29(37)25(43-31(36)35-16)13-18-11-22(32)28(24(12-18)40-3)42-15-17-5-7-19(33)8-6-17/h5-14,27H,15H2,1-4H3/b25-13-/t27-/m1/s1. The molecule has 0 fully saturated rings. The Morgan fingerprint density at radius 1 is 1.02 bits per heavy atom. The SMILES string of the molecule is COC(=O)C1=C(C)N=c2s/c(=C\c3cc(Br)c(OCc4ccc(Cl)cc4)c(OC)c3)c(=O)n2[C@@H]1c1cc(Cl)ccc1OC. The summed E-state index contributed by atoms with van der Waals surface area (Å²) in [5, 5.41) is 1.07. The van der Waals surface area contributed by atoms with Crippen molar-refractivity contribution in [1.82, 2.24) is 4.57 Å². The van der Waals surface area contributed by atoms with Crippen molar-refractivity contribution < 1.29 is 23.7 Å². The third-order valence-corrected chi connectivity index (χ3v) is 8.82. The van der Waals surface area contributed by atoms with E-state index in [0.29, 0.717) is 64.5 Å². The van der Waals surface area contributed by atoms with Gasteiger partial charge in [0.1, 0.15) is 18.4 Å². The number of benzene rings is 3. The number of hydrogen-bond donors (Lipinski definition) is 0. The van der Waals surface area contributed by atoms with Crippen molar-refractivity contribution in [2.45, 2.75) is 19.6 Å². The molecular weight excluding hydrogens is 679 g/mol. The van der Waals surface area contributed by atoms with Gasteiger partial charge in [0, 0.05) is 15.6 Å². The summed E-state index contributed by atoms with van der Waals surface area (Å²) < 4.78 is 24.9. The van der Waals surface area contributed by atoms with Crippen LogP contribution in [-0.4, -0.2) is 31.9 Å². The number of methoxy groups -OCH3 is 3. The molecule has 0 amide bonds. The fourth-order valence-corrected chi connectivity index (χ4v) is 6.68. The summed E-state index contributed by atoms with van der Waals surface area (Å²) in [7, 11) is 4.34. The van der Waals surface area contributed by atoms with E-state index in [1.54, 1.807) is 56.5 Å². The summed E-state index contributed by atoms with van der Waals surface area (Å²) in [6.07, 6.45) is 1.74. The largest absolute Gasteiger partial charge is 0.496 e. The van der Waals surface area contributed by atoms with Crippen LogP contribution in [0.15, 0.2) is 80.1 Å². The summed E-state index contributed by atoms with van der Waals surface area (Å²) >= 11 is 17.1. The van der Waals surface area contributed by atoms with E-state index in [-0.39, 0.29) is 11.1 Å². The van der Waals surface area contributed by atoms with Crippen molar-refractivity contribution >= 4 is 62.5 Å². The monoisotopic (exact) mass is 702 g/mol. The number of esters is 1. The summed E-state index contributed by atoms with van der Waals surface area (Å²) in [5.41, 5.74) is 2.46. The molecule has 4 aromatic rings. The van der Waals surface area contributed by atoms with Crippen LogP contribution in [0.5, 0.6) is 17.2 Å². The van der Waals surface area contributed by atoms with E-state index in [9.17, 15) is 9.59 Å². The van der Waals surface area contributed by atoms with E-state index in [1.807, 2.05) is 18.2 Å². The molecule has 0 aliphatic carbocycles. The quantitative estimate of drug-likeness (QED) is 0.207. The van der Waals surface area contributed by atoms with Crippen LogP contribution >= 0.6 is 50.5 Å². The van der Waals surface area contributed by atoms with E-state index in [0.717, 1.165) is 5.56 Å². The third-order valence-electron chi connectivity index (χ3n) is 6.76. The predicted molar refractivity (Wildman–Crippen MR) is 170 cm³/mol. The highest BCUT2D eigenvalue weighted by atomic mass is 79.9. The molecule has 0 spiro atoms. The third kappa shape index (κ3) is 6.24. The van der Waals surface area contributed by atoms with Gasteiger partial charge in [-0.2, -0.15) is 0 Å². The zero-order valence-corrected chi connectivity index (χ0v) is 27.4. The summed E-state index contributed by atoms with van der Waals surface area (Å²) in [4.78, 5) is 32.0. The molecule has 1 aliphatic heterocycles. The second-order valence-electron chi connectivity index (χ2n) is 9.41. The number of hydrogen-bond acceptors (Lipinski definition) is 8. The van der Waals surface area contributed by atoms with Crippen LogP contribution in [0.4, 0.5) is 0 Å². The van der Waals surface area contributed by atoms with Crippen LogP contribution < -0.4 is 29.1 Å². The fourth-order valence-electron chi connectivity index (χ4n) is 4.76. The Hall–Kier alpha value is -3.57. The first kappa shape index (κ1) is 30.9. The van der Waals surface area contributed by atoms with Crippen molar-refractivity contribution in [3.63, 3.8) is 0 Å². The topological polar surface area (TPSA) is 88.4 Å². The Bertz CT molecular complexity index is 1940. The van der Waals surface area contributed by atoms with Gasteiger partial charge in [-0.3, -0.25) is 9.36 Å². The second-order valence-corrected chi connectivity index (χ2v) is 12.1. The van der Waals surface area contributed by atoms with Crippen molar-refractivity contribution in [3.05, 3.63) is 117 Å². The molecule has 0 unspecified atom stereocenters. The molecule has 0 radical (unpaired) electrons. The average molecular weight is 704 g/mol. The number of ether oxygens (including phenoxy) is 4. The summed E-state index contributed by atoms with van der Waals surface area (Å²) in [6.45, 7) is 2.01. The van der Waals surface area contributed by atoms with Crippen molar-refractivity contribution in [2.24, 2.45) is 4.99 Å². The second kappa shape index (κ2) is 13.0. The first-order valence-corrected chi connectivity index (χ1v) is 15.2. The Kier molecular flexibility index (Phi) is 9.31. The minimum absolute atomic E-state index is 0.216. The highest BCUT2D eigenvalue weighted by Crippen LogP contribution is 2.39. The van der Waals surface area contributed by atoms with Crippen LogP contribution in [0, 0.1) is 0 Å². The zero-order chi connectivity index (χ0) is 30.8. The smallest absolute Gasteiger partial charge is 0.338 e. The molecule has 5 rings (SSSR count). The molecule has 43 heavy (non-hydrogen) atoms. The molecule has 3 aromatic carbocycles. The lowest BCUT2D eigenvalue weighted by atomic mass is 9.95. The number of fused-ring (bicyclic) bond motifs is 1. The Balaban J connectivity index is 1.61. The molecule has 222 valence electrons. The van der Waals surface area contributed by atoms with Crippen molar-refractivity contribution in [3.8, 4) is 17.2 Å². The summed E-state index contributed by atoms with van der Waals surface area (Å²) in [6, 6.07) is 15.2. The minimum atomic E-state index is -0.871. The van der Waals surface area contributed by atoms with E-state index < -0.39 is 12.0 Å². The number of allylic oxidation sites excluding steroid dienone is 1. The first-order valence-electron chi connectivity index (χ1n) is 12.8. The molecule has 0 bridgehead atoms. The molecule has 0 saturated carbocycles. The number of rotatable bonds is 8. The number of carbonyl (C=O) groups excluding carboxylic acids is 1. The van der Waals surface area contributed by atoms with E-state index in [4.69, 9.17) is 42.1 Å². The van der Waals surface area contributed by atoms with Gasteiger partial charge in [0.25, 0.3) is 5.56 Å². The lowest BCUT2D eigenvalue weighted by Gasteiger charge is -2.25. The Morgan fingerprint density at radius 2 is 1.72 bits per heavy atom. The van der Waals surface area contributed by atoms with Crippen LogP contribution in [0.1, 0.15) is 29.7 Å². The zero-order valence-electron chi connectivity index (χ0n) is 23.4. The van der Waals surface area contributed by atoms with Crippen LogP contribution in [0.2, 0.25) is 10.0 Å². The Labute approximate surface area is 269 Å². The van der Waals surface area contributed by atoms with Gasteiger partial charge in [-0.15, -0.1) is 0 Å². The maximum atomic E-state index is 14.0. The van der Waals surface area contributed by atoms with Crippen LogP contribution in [-0.2, 0) is 16.1 Å². The summed E-state index contributed by atoms with van der Waals surface area (Å²) in [5.74, 6) is 0.850. The maximum absolute atomic E-state index is 14.0. The van der Waals surface area contributed by atoms with Gasteiger partial charge in [0.05, 0.1) is 41.6 Å². The maximum Gasteiger partial charge on any atom is 0.338 e. The first-order chi connectivity index (χ1) is 20.6. The average Bonchev–Trinajstić information content (AvgIpc) is 3.29. The number of aromatic nitrogens is 1. The van der Waals surface area contributed by atoms with Gasteiger partial charge in [-0.25, -0.2) is 9.79 Å². The van der Waals surface area contributed by atoms with Crippen LogP contribution in [0.3, 0.4) is 0 Å². The number of nitrogens with zero attached hydrogens (tertiary/aromatic N) is 2. The van der Waals surface area contributed by atoms with Gasteiger partial charge in [-0.1, -0.05) is 46.7 Å². The lowest BCUT2D eigenvalue weighted by Crippen LogP contribution is -2.40. The van der Waals surface area contributed by atoms with Gasteiger partial charge in [0.2, 0.25) is 0 Å². The number of halogens is 3. The minimum Gasteiger partial charge on any atom is -0.496 e. The molecule has 0 N–H and O–H groups in total. The van der Waals surface area contributed by atoms with Gasteiger partial charge < -0.3 is 18.9 Å². The van der Waals surface area contributed by atoms with Crippen molar-refractivity contribution in [2.75, 3.05) is 21.3 Å². The number of thiazole rings is 1. The highest BCUT2D eigenvalue weighted by Gasteiger charge is 2.35. The fraction of sp³-hybridized carbons (Fsp3) is 0.194. The highest BCUT2D eigenvalue weighted by molar-refractivity contribution is 9.10. The van der Waals surface area contributed by atoms with Crippen molar-refractivity contribution in [1.29, 1.82) is 0 Å². The Morgan fingerprint density at radius 3 is 2.40 bits per heavy atom. The van der Waals surface area contributed by atoms with E-state index in [1.165, 1.54) is 30.1 Å². The number of carbonyl (C=O) groups is 1. The predicted octanol–water partition coefficient (Wildman–Crippen LogP) is 6.07. The molecule has 1 atom stereocenters. The van der Waals surface area contributed by atoms with E-state index >= 15 is 0 Å². The van der Waals surface area contributed by atoms with Crippen LogP contribution in [0.25, 0.3) is 6.08 Å². The molecular formula is C31H25BrCl2N2O6S. The molecule has 12 heteroatoms. The van der Waals surface area contributed by atoms with Gasteiger partial charge in [0.15, 0.2) is 16.3 Å². The molecule has 1 aliphatic rings. The van der Waals surface area contributed by atoms with Gasteiger partial charge >= 0.3 is 5.97 Å². The normalized spacial score (nSPS) is 14.7. The van der Waals surface area contributed by atoms with E-state index in [2.05, 4.69) is 20.9 Å². The lowest BCUT2D eigenvalue weighted by molar-refractivity contribution is -0.136. The molecule has 0 saturated heterocycles. The molecule has 2 heterocycles.